The van der Waals surface area contributed by atoms with Crippen molar-refractivity contribution in [1.82, 2.24) is 5.32 Å². The molecule has 0 saturated carbocycles. The molecule has 0 aliphatic carbocycles. The molecule has 1 N–H and O–H groups in total. The summed E-state index contributed by atoms with van der Waals surface area (Å²) in [5.74, 6) is 0.287. The largest absolute Gasteiger partial charge is 0.309 e. The van der Waals surface area contributed by atoms with Gasteiger partial charge in [0.1, 0.15) is 5.78 Å². The molecule has 1 saturated heterocycles. The lowest BCUT2D eigenvalue weighted by Crippen LogP contribution is -2.31. The second-order valence-corrected chi connectivity index (χ2v) is 4.58. The van der Waals surface area contributed by atoms with E-state index in [0.717, 1.165) is 12.1 Å². The lowest BCUT2D eigenvalue weighted by Gasteiger charge is -2.23. The Bertz CT molecular complexity index is 372. The molecule has 1 heterocycles. The molecule has 1 unspecified atom stereocenters. The van der Waals surface area contributed by atoms with Crippen LogP contribution in [-0.4, -0.2) is 12.3 Å². The summed E-state index contributed by atoms with van der Waals surface area (Å²) in [4.78, 5) is 11.3. The van der Waals surface area contributed by atoms with Gasteiger partial charge in [-0.05, 0) is 23.8 Å². The molecule has 1 aliphatic heterocycles. The third kappa shape index (κ3) is 2.71. The van der Waals surface area contributed by atoms with Gasteiger partial charge >= 0.3 is 0 Å². The van der Waals surface area contributed by atoms with Gasteiger partial charge in [0.25, 0.3) is 0 Å². The van der Waals surface area contributed by atoms with Gasteiger partial charge in [0.15, 0.2) is 0 Å². The summed E-state index contributed by atoms with van der Waals surface area (Å²) in [6.07, 6.45) is 1.14. The van der Waals surface area contributed by atoms with Crippen molar-refractivity contribution >= 4 is 29.0 Å². The Morgan fingerprint density at radius 1 is 1.20 bits per heavy atom. The lowest BCUT2D eigenvalue weighted by molar-refractivity contribution is -0.120. The van der Waals surface area contributed by atoms with Crippen LogP contribution in [0.2, 0.25) is 10.0 Å². The van der Waals surface area contributed by atoms with E-state index < -0.39 is 0 Å². The molecule has 0 amide bonds. The van der Waals surface area contributed by atoms with Crippen LogP contribution in [0.3, 0.4) is 0 Å². The first kappa shape index (κ1) is 10.9. The molecule has 4 heteroatoms. The average Bonchev–Trinajstić information content (AvgIpc) is 2.16. The summed E-state index contributed by atoms with van der Waals surface area (Å²) < 4.78 is 0. The third-order valence-corrected chi connectivity index (χ3v) is 2.95. The van der Waals surface area contributed by atoms with E-state index in [-0.39, 0.29) is 11.8 Å². The zero-order chi connectivity index (χ0) is 10.8. The minimum absolute atomic E-state index is 0.0578. The molecule has 1 aromatic rings. The first-order valence-corrected chi connectivity index (χ1v) is 5.62. The molecule has 0 spiro atoms. The predicted molar refractivity (Wildman–Crippen MR) is 61.4 cm³/mol. The highest BCUT2D eigenvalue weighted by Crippen LogP contribution is 2.27. The van der Waals surface area contributed by atoms with Crippen molar-refractivity contribution in [3.8, 4) is 0 Å². The number of hydrogen-bond donors (Lipinski definition) is 1. The standard InChI is InChI=1S/C11H11Cl2NO/c12-8-3-7(4-9(13)5-8)11-6-10(15)1-2-14-11/h3-5,11,14H,1-2,6H2. The molecule has 2 rings (SSSR count). The molecule has 1 aromatic carbocycles. The van der Waals surface area contributed by atoms with Crippen molar-refractivity contribution < 1.29 is 4.79 Å². The lowest BCUT2D eigenvalue weighted by atomic mass is 9.97. The fourth-order valence-corrected chi connectivity index (χ4v) is 2.34. The number of Topliss-reactive ketones (excluding diaryl/α,β-unsaturated/α-hetero) is 1. The number of carbonyl (C=O) groups excluding carboxylic acids is 1. The molecular formula is C11H11Cl2NO. The van der Waals surface area contributed by atoms with E-state index in [2.05, 4.69) is 5.32 Å². The molecule has 15 heavy (non-hydrogen) atoms. The van der Waals surface area contributed by atoms with Crippen LogP contribution in [0.15, 0.2) is 18.2 Å². The Morgan fingerprint density at radius 3 is 2.47 bits per heavy atom. The molecule has 1 fully saturated rings. The molecule has 80 valence electrons. The summed E-state index contributed by atoms with van der Waals surface area (Å²) in [6.45, 7) is 0.730. The van der Waals surface area contributed by atoms with Gasteiger partial charge < -0.3 is 5.32 Å². The summed E-state index contributed by atoms with van der Waals surface area (Å²) >= 11 is 11.8. The SMILES string of the molecule is O=C1CCNC(c2cc(Cl)cc(Cl)c2)C1. The van der Waals surface area contributed by atoms with E-state index in [1.165, 1.54) is 0 Å². The highest BCUT2D eigenvalue weighted by Gasteiger charge is 2.20. The number of rotatable bonds is 1. The quantitative estimate of drug-likeness (QED) is 0.822. The number of carbonyl (C=O) groups is 1. The molecule has 1 aliphatic rings. The number of ketones is 1. The second kappa shape index (κ2) is 4.52. The Kier molecular flexibility index (Phi) is 3.29. The van der Waals surface area contributed by atoms with Crippen LogP contribution in [0.25, 0.3) is 0 Å². The van der Waals surface area contributed by atoms with Crippen LogP contribution in [0.4, 0.5) is 0 Å². The van der Waals surface area contributed by atoms with Gasteiger partial charge in [-0.25, -0.2) is 0 Å². The van der Waals surface area contributed by atoms with E-state index in [4.69, 9.17) is 23.2 Å². The number of halogens is 2. The van der Waals surface area contributed by atoms with Crippen molar-refractivity contribution in [3.63, 3.8) is 0 Å². The van der Waals surface area contributed by atoms with E-state index >= 15 is 0 Å². The van der Waals surface area contributed by atoms with Gasteiger partial charge in [-0.2, -0.15) is 0 Å². The van der Waals surface area contributed by atoms with Gasteiger partial charge in [0.05, 0.1) is 0 Å². The molecular weight excluding hydrogens is 233 g/mol. The van der Waals surface area contributed by atoms with Crippen molar-refractivity contribution in [3.05, 3.63) is 33.8 Å². The maximum atomic E-state index is 11.3. The Labute approximate surface area is 98.6 Å². The van der Waals surface area contributed by atoms with Crippen molar-refractivity contribution in [2.24, 2.45) is 0 Å². The monoisotopic (exact) mass is 243 g/mol. The van der Waals surface area contributed by atoms with E-state index in [1.807, 2.05) is 12.1 Å². The van der Waals surface area contributed by atoms with Crippen molar-refractivity contribution in [2.75, 3.05) is 6.54 Å². The van der Waals surface area contributed by atoms with Gasteiger partial charge in [0.2, 0.25) is 0 Å². The van der Waals surface area contributed by atoms with Crippen LogP contribution >= 0.6 is 23.2 Å². The number of nitrogens with one attached hydrogen (secondary N) is 1. The zero-order valence-electron chi connectivity index (χ0n) is 8.09. The maximum absolute atomic E-state index is 11.3. The Morgan fingerprint density at radius 2 is 1.87 bits per heavy atom. The normalized spacial score (nSPS) is 21.7. The van der Waals surface area contributed by atoms with Crippen LogP contribution in [-0.2, 0) is 4.79 Å². The van der Waals surface area contributed by atoms with Crippen molar-refractivity contribution in [2.45, 2.75) is 18.9 Å². The summed E-state index contributed by atoms with van der Waals surface area (Å²) in [5, 5.41) is 4.50. The Hall–Kier alpha value is -0.570. The smallest absolute Gasteiger partial charge is 0.136 e. The minimum atomic E-state index is 0.0578. The van der Waals surface area contributed by atoms with E-state index in [0.29, 0.717) is 22.9 Å². The van der Waals surface area contributed by atoms with Crippen LogP contribution in [0, 0.1) is 0 Å². The Balaban J connectivity index is 2.24. The van der Waals surface area contributed by atoms with Gasteiger partial charge in [-0.3, -0.25) is 4.79 Å². The number of hydrogen-bond acceptors (Lipinski definition) is 2. The maximum Gasteiger partial charge on any atom is 0.136 e. The second-order valence-electron chi connectivity index (χ2n) is 3.70. The average molecular weight is 244 g/mol. The van der Waals surface area contributed by atoms with Crippen LogP contribution in [0.5, 0.6) is 0 Å². The third-order valence-electron chi connectivity index (χ3n) is 2.51. The van der Waals surface area contributed by atoms with Crippen LogP contribution < -0.4 is 5.32 Å². The molecule has 1 atom stereocenters. The number of benzene rings is 1. The van der Waals surface area contributed by atoms with Crippen molar-refractivity contribution in [1.29, 1.82) is 0 Å². The molecule has 2 nitrogen and oxygen atoms in total. The van der Waals surface area contributed by atoms with Gasteiger partial charge in [-0.1, -0.05) is 23.2 Å². The molecule has 0 aromatic heterocycles. The zero-order valence-corrected chi connectivity index (χ0v) is 9.61. The number of piperidine rings is 1. The van der Waals surface area contributed by atoms with Gasteiger partial charge in [0, 0.05) is 35.5 Å². The van der Waals surface area contributed by atoms with E-state index in [9.17, 15) is 4.79 Å². The summed E-state index contributed by atoms with van der Waals surface area (Å²) in [5.41, 5.74) is 0.987. The van der Waals surface area contributed by atoms with Crippen LogP contribution in [0.1, 0.15) is 24.4 Å². The predicted octanol–water partition coefficient (Wildman–Crippen LogP) is 2.99. The summed E-state index contributed by atoms with van der Waals surface area (Å²) in [7, 11) is 0. The fourth-order valence-electron chi connectivity index (χ4n) is 1.80. The highest BCUT2D eigenvalue weighted by molar-refractivity contribution is 6.34. The fraction of sp³-hybridized carbons (Fsp3) is 0.364. The molecule has 0 radical (unpaired) electrons. The topological polar surface area (TPSA) is 29.1 Å². The van der Waals surface area contributed by atoms with E-state index in [1.54, 1.807) is 6.07 Å². The first-order chi connectivity index (χ1) is 7.15. The minimum Gasteiger partial charge on any atom is -0.309 e. The molecule has 0 bridgehead atoms. The van der Waals surface area contributed by atoms with Gasteiger partial charge in [-0.15, -0.1) is 0 Å². The summed E-state index contributed by atoms with van der Waals surface area (Å²) in [6, 6.07) is 5.45. The highest BCUT2D eigenvalue weighted by atomic mass is 35.5. The first-order valence-electron chi connectivity index (χ1n) is 4.86.